The van der Waals surface area contributed by atoms with Crippen LogP contribution in [0.4, 0.5) is 0 Å². The molecule has 7 aromatic carbocycles. The summed E-state index contributed by atoms with van der Waals surface area (Å²) in [6, 6.07) is 8.88. The number of phenolic OH excluding ortho intramolecular Hbond substituents is 17. The first-order valence-corrected chi connectivity index (χ1v) is 26.5. The summed E-state index contributed by atoms with van der Waals surface area (Å²) in [6.07, 6.45) is -16.0. The van der Waals surface area contributed by atoms with E-state index in [9.17, 15) is 123 Å². The molecule has 0 aromatic heterocycles. The van der Waals surface area contributed by atoms with Crippen LogP contribution >= 0.6 is 0 Å². The van der Waals surface area contributed by atoms with E-state index in [1.54, 1.807) is 0 Å². The van der Waals surface area contributed by atoms with Crippen LogP contribution in [-0.4, -0.2) is 153 Å². The van der Waals surface area contributed by atoms with Crippen molar-refractivity contribution in [3.05, 3.63) is 146 Å². The van der Waals surface area contributed by atoms with Crippen molar-refractivity contribution in [3.63, 3.8) is 0 Å². The zero-order chi connectivity index (χ0) is 63.3. The Bertz CT molecular complexity index is 4110. The van der Waals surface area contributed by atoms with Gasteiger partial charge in [0, 0.05) is 105 Å². The van der Waals surface area contributed by atoms with Crippen LogP contribution in [0.25, 0.3) is 0 Å². The van der Waals surface area contributed by atoms with Gasteiger partial charge in [-0.2, -0.15) is 0 Å². The summed E-state index contributed by atoms with van der Waals surface area (Å²) in [4.78, 5) is 0. The molecule has 7 aromatic rings. The lowest BCUT2D eigenvalue weighted by molar-refractivity contribution is -0.0208. The molecule has 460 valence electrons. The molecule has 1 aliphatic carbocycles. The number of fused-ring (bicyclic) bond motifs is 4. The summed E-state index contributed by atoms with van der Waals surface area (Å²) in [6.45, 7) is 0. The maximum Gasteiger partial charge on any atom is 0.200 e. The molecule has 0 saturated heterocycles. The molecule has 24 N–H and O–H groups in total. The minimum atomic E-state index is -2.35. The molecule has 0 radical (unpaired) electrons. The fourth-order valence-electron chi connectivity index (χ4n) is 12.8. The van der Waals surface area contributed by atoms with E-state index in [1.165, 1.54) is 0 Å². The van der Waals surface area contributed by atoms with Gasteiger partial charge in [0.25, 0.3) is 0 Å². The largest absolute Gasteiger partial charge is 0.508 e. The van der Waals surface area contributed by atoms with Crippen molar-refractivity contribution in [1.82, 2.24) is 0 Å². The smallest absolute Gasteiger partial charge is 0.200 e. The van der Waals surface area contributed by atoms with Crippen LogP contribution in [0.2, 0.25) is 0 Å². The molecule has 4 aliphatic heterocycles. The second kappa shape index (κ2) is 20.4. The van der Waals surface area contributed by atoms with Gasteiger partial charge >= 0.3 is 0 Å². The molecule has 28 nitrogen and oxygen atoms in total. The molecule has 4 heterocycles. The number of hydrogen-bond donors (Lipinski definition) is 24. The molecule has 1 unspecified atom stereocenters. The average molecular weight is 1220 g/mol. The standard InChI is InChI=1S/C60H52O28/c61-19-9-22(63)38-37(10-19)85-55(16-3-30(71)48(79)31(72)4-16)51(82)44(38)40-24(65)13-26(67)42-46(53(84)57(87-59(40)42)18-7-34(75)50(81)35(76)8-18)43-27(68)14-25(66)41-45(52(83)56(88-60(41)43)17-5-32(73)49(80)33(74)6-17)39-23(64)12-21(62)20-11-36(77)54(86-58(20)39)15-1-28(69)47(78)29(70)2-15/h1-3,5-10,12-14,16,36,44-46,51-57,61-84H,4,11H2/t16?,36-,44-,45+,46+,51-,52-,53-,54-,55-,56-,57-/m1/s1. The minimum Gasteiger partial charge on any atom is -0.508 e. The summed E-state index contributed by atoms with van der Waals surface area (Å²) in [7, 11) is 0. The quantitative estimate of drug-likeness (QED) is 0.0932. The molecular formula is C60H52O28. The highest BCUT2D eigenvalue weighted by atomic mass is 16.5. The van der Waals surface area contributed by atoms with Crippen molar-refractivity contribution in [2.75, 3.05) is 0 Å². The molecule has 88 heavy (non-hydrogen) atoms. The van der Waals surface area contributed by atoms with Crippen molar-refractivity contribution in [3.8, 4) is 121 Å². The van der Waals surface area contributed by atoms with Crippen LogP contribution in [0.5, 0.6) is 121 Å². The lowest BCUT2D eigenvalue weighted by Gasteiger charge is -2.44. The van der Waals surface area contributed by atoms with Gasteiger partial charge in [-0.3, -0.25) is 0 Å². The van der Waals surface area contributed by atoms with Gasteiger partial charge in [0.15, 0.2) is 81.6 Å². The molecule has 0 bridgehead atoms. The molecule has 12 rings (SSSR count). The Balaban J connectivity index is 1.14. The van der Waals surface area contributed by atoms with Crippen molar-refractivity contribution < 1.29 is 142 Å². The van der Waals surface area contributed by atoms with E-state index >= 15 is 0 Å². The van der Waals surface area contributed by atoms with Crippen molar-refractivity contribution >= 4 is 0 Å². The molecule has 0 spiro atoms. The zero-order valence-electron chi connectivity index (χ0n) is 44.6. The third kappa shape index (κ3) is 8.74. The van der Waals surface area contributed by atoms with Crippen LogP contribution in [0.3, 0.4) is 0 Å². The predicted octanol–water partition coefficient (Wildman–Crippen LogP) is 5.02. The van der Waals surface area contributed by atoms with Crippen LogP contribution in [0, 0.1) is 5.92 Å². The Labute approximate surface area is 491 Å². The lowest BCUT2D eigenvalue weighted by Crippen LogP contribution is -2.46. The molecule has 12 atom stereocenters. The van der Waals surface area contributed by atoms with E-state index in [2.05, 4.69) is 0 Å². The number of aliphatic hydroxyl groups is 7. The Hall–Kier alpha value is -10.9. The maximum absolute atomic E-state index is 13.1. The molecule has 28 heteroatoms. The first-order valence-electron chi connectivity index (χ1n) is 26.5. The molecule has 5 aliphatic rings. The third-order valence-electron chi connectivity index (χ3n) is 16.7. The average Bonchev–Trinajstić information content (AvgIpc) is 0.789. The van der Waals surface area contributed by atoms with Gasteiger partial charge in [0.05, 0.1) is 23.9 Å². The van der Waals surface area contributed by atoms with Gasteiger partial charge in [-0.05, 0) is 42.5 Å². The summed E-state index contributed by atoms with van der Waals surface area (Å²) < 4.78 is 25.5. The summed E-state index contributed by atoms with van der Waals surface area (Å²) in [5, 5.41) is 273. The van der Waals surface area contributed by atoms with Crippen molar-refractivity contribution in [2.45, 2.75) is 79.4 Å². The number of hydrogen-bond acceptors (Lipinski definition) is 28. The highest BCUT2D eigenvalue weighted by Gasteiger charge is 2.54. The number of aromatic hydroxyl groups is 17. The number of phenols is 17. The molecular weight excluding hydrogens is 1170 g/mol. The predicted molar refractivity (Wildman–Crippen MR) is 292 cm³/mol. The first-order chi connectivity index (χ1) is 41.6. The van der Waals surface area contributed by atoms with Crippen molar-refractivity contribution in [2.24, 2.45) is 5.92 Å². The van der Waals surface area contributed by atoms with Gasteiger partial charge in [-0.15, -0.1) is 0 Å². The van der Waals surface area contributed by atoms with Crippen LogP contribution in [-0.2, 0) is 6.42 Å². The third-order valence-corrected chi connectivity index (χ3v) is 16.7. The normalized spacial score (nSPS) is 25.3. The second-order valence-corrected chi connectivity index (χ2v) is 22.0. The van der Waals surface area contributed by atoms with Crippen molar-refractivity contribution in [1.29, 1.82) is 0 Å². The fraction of sp³-hybridized carbons (Fsp3) is 0.233. The summed E-state index contributed by atoms with van der Waals surface area (Å²) in [5.74, 6) is -28.7. The Morgan fingerprint density at radius 1 is 0.330 bits per heavy atom. The fourth-order valence-corrected chi connectivity index (χ4v) is 12.8. The number of allylic oxidation sites excluding steroid dienone is 1. The summed E-state index contributed by atoms with van der Waals surface area (Å²) in [5.41, 5.74) is -5.08. The molecule has 0 fully saturated rings. The summed E-state index contributed by atoms with van der Waals surface area (Å²) >= 11 is 0. The first kappa shape index (κ1) is 57.5. The second-order valence-electron chi connectivity index (χ2n) is 22.0. The SMILES string of the molecule is OC1=CC([C@H]2Oc3cc(O)cc(O)c3[C@H](c3c(O)cc(O)c4c3O[C@H](c3cc(O)c(O)c(O)c3)[C@H](O)[C@@H]4c3c(O)cc(O)c4c3O[C@H](c3cc(O)c(O)c(O)c3)[C@H](O)[C@H]4c3c(O)cc(O)c4c3O[C@H](c3cc(O)c(O)c(O)c3)[C@H](O)C4)[C@H]2O)CC(O)=C1O. The molecule has 0 saturated carbocycles. The lowest BCUT2D eigenvalue weighted by atomic mass is 9.71. The van der Waals surface area contributed by atoms with E-state index < -0.39 is 268 Å². The van der Waals surface area contributed by atoms with E-state index in [0.29, 0.717) is 12.1 Å². The Morgan fingerprint density at radius 3 is 1.11 bits per heavy atom. The Kier molecular flexibility index (Phi) is 13.3. The number of ether oxygens (including phenoxy) is 4. The van der Waals surface area contributed by atoms with Crippen LogP contribution in [0.1, 0.15) is 98.1 Å². The van der Waals surface area contributed by atoms with E-state index in [4.69, 9.17) is 18.9 Å². The zero-order valence-corrected chi connectivity index (χ0v) is 44.6. The number of benzene rings is 7. The van der Waals surface area contributed by atoms with Gasteiger partial charge in [0.2, 0.25) is 0 Å². The topological polar surface area (TPSA) is 522 Å². The highest BCUT2D eigenvalue weighted by molar-refractivity contribution is 5.73. The Morgan fingerprint density at radius 2 is 0.693 bits per heavy atom. The van der Waals surface area contributed by atoms with E-state index in [1.807, 2.05) is 0 Å². The monoisotopic (exact) mass is 1220 g/mol. The van der Waals surface area contributed by atoms with E-state index in [-0.39, 0.29) is 11.1 Å². The van der Waals surface area contributed by atoms with E-state index in [0.717, 1.165) is 60.7 Å². The molecule has 0 amide bonds. The number of aliphatic hydroxyl groups excluding tert-OH is 7. The number of rotatable bonds is 7. The van der Waals surface area contributed by atoms with Gasteiger partial charge in [-0.25, -0.2) is 0 Å². The maximum atomic E-state index is 13.1. The van der Waals surface area contributed by atoms with Gasteiger partial charge in [-0.1, -0.05) is 0 Å². The highest BCUT2D eigenvalue weighted by Crippen LogP contribution is 2.65. The minimum absolute atomic E-state index is 0.208. The van der Waals surface area contributed by atoms with Gasteiger partial charge in [0.1, 0.15) is 99.2 Å². The van der Waals surface area contributed by atoms with Crippen LogP contribution in [0.15, 0.2) is 90.1 Å². The van der Waals surface area contributed by atoms with Gasteiger partial charge < -0.3 is 142 Å². The van der Waals surface area contributed by atoms with Crippen LogP contribution < -0.4 is 18.9 Å².